The van der Waals surface area contributed by atoms with Gasteiger partial charge in [0.1, 0.15) is 11.6 Å². The van der Waals surface area contributed by atoms with E-state index in [1.54, 1.807) is 62.8 Å². The van der Waals surface area contributed by atoms with E-state index in [2.05, 4.69) is 4.98 Å². The van der Waals surface area contributed by atoms with Gasteiger partial charge in [0.05, 0.1) is 34.0 Å². The van der Waals surface area contributed by atoms with Crippen LogP contribution in [0.5, 0.6) is 23.0 Å². The first-order valence-electron chi connectivity index (χ1n) is 10.2. The fraction of sp³-hybridized carbons (Fsp3) is 0.280. The molecule has 168 valence electrons. The van der Waals surface area contributed by atoms with Crippen LogP contribution in [-0.2, 0) is 6.54 Å². The average molecular weight is 437 g/mol. The fourth-order valence-electron chi connectivity index (χ4n) is 3.28. The summed E-state index contributed by atoms with van der Waals surface area (Å²) in [5.41, 5.74) is 1.33. The summed E-state index contributed by atoms with van der Waals surface area (Å²) in [4.78, 5) is 19.5. The maximum atomic E-state index is 13.5. The lowest BCUT2D eigenvalue weighted by Gasteiger charge is -2.23. The van der Waals surface area contributed by atoms with E-state index in [0.717, 1.165) is 5.56 Å². The van der Waals surface area contributed by atoms with E-state index in [0.29, 0.717) is 34.4 Å². The molecule has 3 rings (SSSR count). The minimum absolute atomic E-state index is 0.0570. The Morgan fingerprint density at radius 3 is 2.09 bits per heavy atom. The van der Waals surface area contributed by atoms with Crippen LogP contribution in [0, 0.1) is 0 Å². The Kier molecular flexibility index (Phi) is 7.54. The Morgan fingerprint density at radius 2 is 1.59 bits per heavy atom. The molecule has 7 heteroatoms. The van der Waals surface area contributed by atoms with Gasteiger partial charge in [-0.15, -0.1) is 0 Å². The van der Waals surface area contributed by atoms with Crippen LogP contribution in [0.2, 0.25) is 0 Å². The molecule has 7 nitrogen and oxygen atoms in total. The Morgan fingerprint density at radius 1 is 0.938 bits per heavy atom. The molecular weight excluding hydrogens is 408 g/mol. The highest BCUT2D eigenvalue weighted by Crippen LogP contribution is 2.38. The Bertz CT molecular complexity index is 1010. The summed E-state index contributed by atoms with van der Waals surface area (Å²) < 4.78 is 22.0. The molecule has 1 aromatic heterocycles. The van der Waals surface area contributed by atoms with Crippen molar-refractivity contribution in [2.45, 2.75) is 26.5 Å². The molecule has 0 aliphatic rings. The molecule has 2 aromatic carbocycles. The zero-order valence-electron chi connectivity index (χ0n) is 19.0. The van der Waals surface area contributed by atoms with Gasteiger partial charge in [-0.25, -0.2) is 4.98 Å². The smallest absolute Gasteiger partial charge is 0.259 e. The van der Waals surface area contributed by atoms with Gasteiger partial charge in [0.15, 0.2) is 11.5 Å². The van der Waals surface area contributed by atoms with Crippen LogP contribution in [0.4, 0.5) is 5.82 Å². The van der Waals surface area contributed by atoms with Crippen molar-refractivity contribution in [2.75, 3.05) is 26.2 Å². The first-order valence-corrected chi connectivity index (χ1v) is 10.2. The van der Waals surface area contributed by atoms with Gasteiger partial charge in [-0.3, -0.25) is 9.69 Å². The Labute approximate surface area is 188 Å². The largest absolute Gasteiger partial charge is 0.493 e. The van der Waals surface area contributed by atoms with Crippen molar-refractivity contribution in [2.24, 2.45) is 0 Å². The minimum atomic E-state index is -0.187. The summed E-state index contributed by atoms with van der Waals surface area (Å²) in [5.74, 6) is 2.60. The van der Waals surface area contributed by atoms with E-state index in [9.17, 15) is 4.79 Å². The average Bonchev–Trinajstić information content (AvgIpc) is 2.82. The van der Waals surface area contributed by atoms with Gasteiger partial charge in [0, 0.05) is 11.8 Å². The third-order valence-corrected chi connectivity index (χ3v) is 4.71. The van der Waals surface area contributed by atoms with E-state index >= 15 is 0 Å². The molecule has 0 atom stereocenters. The number of amides is 1. The topological polar surface area (TPSA) is 70.1 Å². The van der Waals surface area contributed by atoms with E-state index in [1.165, 1.54) is 0 Å². The number of nitrogens with zero attached hydrogens (tertiary/aromatic N) is 2. The molecule has 32 heavy (non-hydrogen) atoms. The number of hydrogen-bond acceptors (Lipinski definition) is 6. The number of ether oxygens (including phenoxy) is 4. The molecule has 0 fully saturated rings. The van der Waals surface area contributed by atoms with Crippen molar-refractivity contribution in [1.82, 2.24) is 4.98 Å². The van der Waals surface area contributed by atoms with Gasteiger partial charge in [-0.2, -0.15) is 0 Å². The van der Waals surface area contributed by atoms with Crippen molar-refractivity contribution in [3.05, 3.63) is 71.9 Å². The molecule has 0 spiro atoms. The van der Waals surface area contributed by atoms with Crippen LogP contribution < -0.4 is 23.8 Å². The van der Waals surface area contributed by atoms with Crippen molar-refractivity contribution in [3.8, 4) is 23.0 Å². The summed E-state index contributed by atoms with van der Waals surface area (Å²) in [6, 6.07) is 16.2. The number of anilines is 1. The summed E-state index contributed by atoms with van der Waals surface area (Å²) in [6.07, 6.45) is 1.71. The number of carbonyl (C=O) groups excluding carboxylic acids is 1. The third kappa shape index (κ3) is 5.29. The van der Waals surface area contributed by atoms with Crippen molar-refractivity contribution < 1.29 is 23.7 Å². The Hall–Kier alpha value is -3.74. The molecule has 1 amide bonds. The maximum Gasteiger partial charge on any atom is 0.259 e. The molecular formula is C25H28N2O5. The lowest BCUT2D eigenvalue weighted by atomic mass is 10.1. The van der Waals surface area contributed by atoms with Gasteiger partial charge in [0.25, 0.3) is 5.91 Å². The van der Waals surface area contributed by atoms with E-state index in [-0.39, 0.29) is 18.6 Å². The molecule has 0 radical (unpaired) electrons. The summed E-state index contributed by atoms with van der Waals surface area (Å²) in [6.45, 7) is 4.18. The molecule has 0 aliphatic carbocycles. The predicted octanol–water partition coefficient (Wildman–Crippen LogP) is 4.74. The van der Waals surface area contributed by atoms with Crippen LogP contribution in [0.3, 0.4) is 0 Å². The normalized spacial score (nSPS) is 10.6. The van der Waals surface area contributed by atoms with Crippen molar-refractivity contribution in [3.63, 3.8) is 0 Å². The van der Waals surface area contributed by atoms with Gasteiger partial charge in [-0.05, 0) is 67.9 Å². The van der Waals surface area contributed by atoms with Crippen molar-refractivity contribution in [1.29, 1.82) is 0 Å². The number of rotatable bonds is 9. The van der Waals surface area contributed by atoms with Crippen LogP contribution in [0.1, 0.15) is 29.8 Å². The standard InChI is InChI=1S/C25H28N2O5/c1-17(2)32-20-11-9-19(10-12-20)25(28)27(23-8-6-7-13-26-23)16-18-14-21(29-3)24(31-5)22(15-18)30-4/h6-15,17H,16H2,1-5H3. The summed E-state index contributed by atoms with van der Waals surface area (Å²) in [5, 5.41) is 0. The zero-order chi connectivity index (χ0) is 23.1. The molecule has 0 saturated carbocycles. The number of hydrogen-bond donors (Lipinski definition) is 0. The molecule has 0 aliphatic heterocycles. The number of aromatic nitrogens is 1. The monoisotopic (exact) mass is 436 g/mol. The molecule has 1 heterocycles. The lowest BCUT2D eigenvalue weighted by Crippen LogP contribution is -2.31. The highest BCUT2D eigenvalue weighted by atomic mass is 16.5. The first-order chi connectivity index (χ1) is 15.5. The highest BCUT2D eigenvalue weighted by molar-refractivity contribution is 6.05. The first kappa shape index (κ1) is 22.9. The predicted molar refractivity (Wildman–Crippen MR) is 123 cm³/mol. The highest BCUT2D eigenvalue weighted by Gasteiger charge is 2.22. The second-order valence-electron chi connectivity index (χ2n) is 7.30. The molecule has 0 unspecified atom stereocenters. The molecule has 0 N–H and O–H groups in total. The van der Waals surface area contributed by atoms with Gasteiger partial charge in [0.2, 0.25) is 5.75 Å². The second-order valence-corrected chi connectivity index (χ2v) is 7.30. The molecule has 3 aromatic rings. The second kappa shape index (κ2) is 10.5. The van der Waals surface area contributed by atoms with Crippen LogP contribution >= 0.6 is 0 Å². The van der Waals surface area contributed by atoms with Crippen LogP contribution in [0.15, 0.2) is 60.8 Å². The van der Waals surface area contributed by atoms with E-state index < -0.39 is 0 Å². The number of pyridine rings is 1. The number of carbonyl (C=O) groups is 1. The number of methoxy groups -OCH3 is 3. The number of benzene rings is 2. The molecule has 0 saturated heterocycles. The quantitative estimate of drug-likeness (QED) is 0.483. The van der Waals surface area contributed by atoms with Crippen LogP contribution in [-0.4, -0.2) is 38.3 Å². The maximum absolute atomic E-state index is 13.5. The van der Waals surface area contributed by atoms with Gasteiger partial charge >= 0.3 is 0 Å². The SMILES string of the molecule is COc1cc(CN(C(=O)c2ccc(OC(C)C)cc2)c2ccccn2)cc(OC)c1OC. The summed E-state index contributed by atoms with van der Waals surface area (Å²) >= 11 is 0. The minimum Gasteiger partial charge on any atom is -0.493 e. The van der Waals surface area contributed by atoms with Gasteiger partial charge < -0.3 is 18.9 Å². The zero-order valence-corrected chi connectivity index (χ0v) is 19.0. The molecule has 0 bridgehead atoms. The summed E-state index contributed by atoms with van der Waals surface area (Å²) in [7, 11) is 4.67. The van der Waals surface area contributed by atoms with Crippen molar-refractivity contribution >= 4 is 11.7 Å². The van der Waals surface area contributed by atoms with Crippen LogP contribution in [0.25, 0.3) is 0 Å². The van der Waals surface area contributed by atoms with E-state index in [1.807, 2.05) is 38.1 Å². The Balaban J connectivity index is 1.97. The fourth-order valence-corrected chi connectivity index (χ4v) is 3.28. The third-order valence-electron chi connectivity index (χ3n) is 4.71. The lowest BCUT2D eigenvalue weighted by molar-refractivity contribution is 0.0984. The van der Waals surface area contributed by atoms with Gasteiger partial charge in [-0.1, -0.05) is 6.07 Å². The van der Waals surface area contributed by atoms with E-state index in [4.69, 9.17) is 18.9 Å².